The Hall–Kier alpha value is -4.15. The number of nitrogens with zero attached hydrogens (tertiary/aromatic N) is 3. The lowest BCUT2D eigenvalue weighted by molar-refractivity contribution is -0.121. The number of carboxylic acid groups (broad SMARTS) is 1. The Morgan fingerprint density at radius 1 is 1.05 bits per heavy atom. The number of nitrogens with one attached hydrogen (secondary N) is 1. The molecule has 1 aromatic heterocycles. The van der Waals surface area contributed by atoms with E-state index < -0.39 is 29.6 Å². The third kappa shape index (κ3) is 5.56. The van der Waals surface area contributed by atoms with Crippen LogP contribution in [0.5, 0.6) is 0 Å². The molecule has 9 nitrogen and oxygen atoms in total. The van der Waals surface area contributed by atoms with Crippen molar-refractivity contribution in [1.82, 2.24) is 9.78 Å². The number of benzene rings is 3. The van der Waals surface area contributed by atoms with Crippen LogP contribution in [0.25, 0.3) is 0 Å². The number of rotatable bonds is 9. The van der Waals surface area contributed by atoms with Crippen molar-refractivity contribution in [3.05, 3.63) is 111 Å². The number of primary amides is 1. The lowest BCUT2D eigenvalue weighted by Gasteiger charge is -2.30. The van der Waals surface area contributed by atoms with Crippen molar-refractivity contribution in [3.63, 3.8) is 0 Å². The Labute approximate surface area is 231 Å². The highest BCUT2D eigenvalue weighted by molar-refractivity contribution is 9.10. The van der Waals surface area contributed by atoms with Gasteiger partial charge in [0.15, 0.2) is 5.69 Å². The number of hydrogen-bond acceptors (Lipinski definition) is 5. The van der Waals surface area contributed by atoms with Gasteiger partial charge < -0.3 is 21.1 Å². The number of anilines is 2. The minimum atomic E-state index is -1.36. The maximum Gasteiger partial charge on any atom is 0.357 e. The monoisotopic (exact) mass is 595 g/mol. The first kappa shape index (κ1) is 26.9. The van der Waals surface area contributed by atoms with Gasteiger partial charge in [0.2, 0.25) is 6.17 Å². The van der Waals surface area contributed by atoms with Gasteiger partial charge in [-0.05, 0) is 51.7 Å². The molecule has 0 saturated carbocycles. The first-order valence-corrected chi connectivity index (χ1v) is 12.6. The van der Waals surface area contributed by atoms with E-state index in [2.05, 4.69) is 26.3 Å². The molecule has 4 aromatic rings. The molecule has 4 N–H and O–H groups in total. The number of aromatic nitrogens is 2. The summed E-state index contributed by atoms with van der Waals surface area (Å²) in [5.74, 6) is -2.87. The number of likely N-dealkylation sites (N-methyl/N-ethyl adjacent to an activating group) is 1. The highest BCUT2D eigenvalue weighted by Gasteiger charge is 2.33. The molecule has 0 spiro atoms. The molecule has 194 valence electrons. The van der Waals surface area contributed by atoms with Crippen LogP contribution < -0.4 is 16.0 Å². The molecule has 0 aliphatic rings. The van der Waals surface area contributed by atoms with E-state index in [9.17, 15) is 19.5 Å². The Bertz CT molecular complexity index is 1510. The molecular weight excluding hydrogens is 574 g/mol. The first-order valence-electron chi connectivity index (χ1n) is 11.4. The van der Waals surface area contributed by atoms with Gasteiger partial charge in [0.25, 0.3) is 11.8 Å². The third-order valence-electron chi connectivity index (χ3n) is 5.87. The minimum absolute atomic E-state index is 0.0253. The molecule has 4 rings (SSSR count). The summed E-state index contributed by atoms with van der Waals surface area (Å²) in [4.78, 5) is 39.4. The zero-order chi connectivity index (χ0) is 27.4. The summed E-state index contributed by atoms with van der Waals surface area (Å²) in [5, 5.41) is 16.7. The molecule has 1 unspecified atom stereocenters. The molecule has 38 heavy (non-hydrogen) atoms. The molecule has 0 aliphatic heterocycles. The number of carboxylic acids is 1. The fourth-order valence-electron chi connectivity index (χ4n) is 4.09. The number of nitrogens with two attached hydrogens (primary N) is 1. The second-order valence-electron chi connectivity index (χ2n) is 8.37. The van der Waals surface area contributed by atoms with Crippen molar-refractivity contribution in [2.45, 2.75) is 12.6 Å². The molecule has 11 heteroatoms. The van der Waals surface area contributed by atoms with Crippen LogP contribution >= 0.6 is 27.5 Å². The van der Waals surface area contributed by atoms with E-state index in [0.717, 1.165) is 15.8 Å². The van der Waals surface area contributed by atoms with E-state index in [0.29, 0.717) is 12.1 Å². The molecule has 0 aliphatic carbocycles. The van der Waals surface area contributed by atoms with Crippen LogP contribution in [0.4, 0.5) is 11.5 Å². The zero-order valence-electron chi connectivity index (χ0n) is 20.1. The van der Waals surface area contributed by atoms with Gasteiger partial charge in [0, 0.05) is 12.7 Å². The van der Waals surface area contributed by atoms with E-state index in [-0.39, 0.29) is 20.9 Å². The van der Waals surface area contributed by atoms with E-state index in [1.165, 1.54) is 6.07 Å². The summed E-state index contributed by atoms with van der Waals surface area (Å²) >= 11 is 9.40. The summed E-state index contributed by atoms with van der Waals surface area (Å²) in [5.41, 5.74) is 8.23. The first-order chi connectivity index (χ1) is 18.2. The van der Waals surface area contributed by atoms with Gasteiger partial charge in [-0.3, -0.25) is 9.59 Å². The molecule has 3 aromatic carbocycles. The second kappa shape index (κ2) is 11.5. The standard InChI is InChI=1S/C27H23BrClN5O4/c1-33(20-14-8-5-11-17(20)15-16-9-3-2-4-10-16)26(23(30)35)34-24(21(28)22(32-34)27(37)38)31-25(36)18-12-6-7-13-19(18)29/h2-14,26H,15H2,1H3,(H2,30,35)(H,31,36)(H,37,38). The number of carbonyl (C=O) groups excluding carboxylic acids is 2. The van der Waals surface area contributed by atoms with Gasteiger partial charge in [-0.2, -0.15) is 5.10 Å². The Morgan fingerprint density at radius 2 is 1.68 bits per heavy atom. The summed E-state index contributed by atoms with van der Waals surface area (Å²) in [6.07, 6.45) is -0.718. The molecule has 1 atom stereocenters. The van der Waals surface area contributed by atoms with E-state index in [4.69, 9.17) is 17.3 Å². The van der Waals surface area contributed by atoms with E-state index in [1.807, 2.05) is 54.6 Å². The van der Waals surface area contributed by atoms with Crippen molar-refractivity contribution in [1.29, 1.82) is 0 Å². The average molecular weight is 597 g/mol. The highest BCUT2D eigenvalue weighted by atomic mass is 79.9. The topological polar surface area (TPSA) is 131 Å². The van der Waals surface area contributed by atoms with Crippen molar-refractivity contribution >= 4 is 56.8 Å². The maximum absolute atomic E-state index is 13.1. The summed E-state index contributed by atoms with van der Waals surface area (Å²) in [6.45, 7) is 0. The fourth-order valence-corrected chi connectivity index (χ4v) is 4.84. The summed E-state index contributed by atoms with van der Waals surface area (Å²) in [7, 11) is 1.65. The van der Waals surface area contributed by atoms with Crippen LogP contribution in [-0.4, -0.2) is 39.7 Å². The molecule has 2 amide bonds. The number of aromatic carboxylic acids is 1. The maximum atomic E-state index is 13.1. The number of halogens is 2. The number of amides is 2. The second-order valence-corrected chi connectivity index (χ2v) is 9.57. The van der Waals surface area contributed by atoms with E-state index in [1.54, 1.807) is 30.1 Å². The van der Waals surface area contributed by atoms with Gasteiger partial charge in [-0.15, -0.1) is 0 Å². The normalized spacial score (nSPS) is 11.6. The Morgan fingerprint density at radius 3 is 2.34 bits per heavy atom. The molecule has 0 fully saturated rings. The molecular formula is C27H23BrClN5O4. The lowest BCUT2D eigenvalue weighted by Crippen LogP contribution is -2.41. The smallest absolute Gasteiger partial charge is 0.357 e. The van der Waals surface area contributed by atoms with Gasteiger partial charge >= 0.3 is 5.97 Å². The number of hydrogen-bond donors (Lipinski definition) is 3. The van der Waals surface area contributed by atoms with Crippen LogP contribution in [-0.2, 0) is 11.2 Å². The van der Waals surface area contributed by atoms with Crippen molar-refractivity contribution in [2.75, 3.05) is 17.3 Å². The van der Waals surface area contributed by atoms with E-state index >= 15 is 0 Å². The number of para-hydroxylation sites is 1. The van der Waals surface area contributed by atoms with Gasteiger partial charge in [0.05, 0.1) is 15.1 Å². The SMILES string of the molecule is CN(c1ccccc1Cc1ccccc1)C(C(N)=O)n1nc(C(=O)O)c(Br)c1NC(=O)c1ccccc1Cl. The van der Waals surface area contributed by atoms with Gasteiger partial charge in [-0.25, -0.2) is 9.48 Å². The molecule has 0 saturated heterocycles. The zero-order valence-corrected chi connectivity index (χ0v) is 22.5. The molecule has 1 heterocycles. The van der Waals surface area contributed by atoms with Crippen LogP contribution in [0.15, 0.2) is 83.3 Å². The molecule has 0 bridgehead atoms. The third-order valence-corrected chi connectivity index (χ3v) is 6.95. The van der Waals surface area contributed by atoms with Crippen LogP contribution in [0.3, 0.4) is 0 Å². The van der Waals surface area contributed by atoms with Crippen molar-refractivity contribution in [3.8, 4) is 0 Å². The Balaban J connectivity index is 1.79. The summed E-state index contributed by atoms with van der Waals surface area (Å²) in [6, 6.07) is 23.6. The van der Waals surface area contributed by atoms with Crippen LogP contribution in [0, 0.1) is 0 Å². The quantitative estimate of drug-likeness (QED) is 0.250. The highest BCUT2D eigenvalue weighted by Crippen LogP contribution is 2.34. The van der Waals surface area contributed by atoms with Crippen molar-refractivity contribution in [2.24, 2.45) is 5.73 Å². The summed E-state index contributed by atoms with van der Waals surface area (Å²) < 4.78 is 1.06. The lowest BCUT2D eigenvalue weighted by atomic mass is 10.0. The van der Waals surface area contributed by atoms with Crippen LogP contribution in [0.1, 0.15) is 38.1 Å². The van der Waals surface area contributed by atoms with Gasteiger partial charge in [0.1, 0.15) is 5.82 Å². The van der Waals surface area contributed by atoms with Crippen LogP contribution in [0.2, 0.25) is 5.02 Å². The average Bonchev–Trinajstić information content (AvgIpc) is 3.20. The Kier molecular flexibility index (Phi) is 8.13. The minimum Gasteiger partial charge on any atom is -0.476 e. The molecule has 0 radical (unpaired) electrons. The van der Waals surface area contributed by atoms with Crippen molar-refractivity contribution < 1.29 is 19.5 Å². The predicted molar refractivity (Wildman–Crippen MR) is 149 cm³/mol. The number of carbonyl (C=O) groups is 3. The largest absolute Gasteiger partial charge is 0.476 e. The van der Waals surface area contributed by atoms with Gasteiger partial charge in [-0.1, -0.05) is 72.3 Å². The predicted octanol–water partition coefficient (Wildman–Crippen LogP) is 4.96. The fraction of sp³-hybridized carbons (Fsp3) is 0.111.